The topological polar surface area (TPSA) is 71.2 Å². The molecule has 0 aliphatic heterocycles. The first kappa shape index (κ1) is 13.9. The maximum atomic E-state index is 11.8. The molecule has 5 nitrogen and oxygen atoms in total. The van der Waals surface area contributed by atoms with Gasteiger partial charge in [0.25, 0.3) is 5.91 Å². The number of aromatic amines is 1. The van der Waals surface area contributed by atoms with Gasteiger partial charge in [0.1, 0.15) is 11.3 Å². The van der Waals surface area contributed by atoms with Crippen LogP contribution in [-0.4, -0.2) is 24.5 Å². The predicted molar refractivity (Wildman–Crippen MR) is 76.1 cm³/mol. The minimum Gasteiger partial charge on any atom is -0.497 e. The van der Waals surface area contributed by atoms with Gasteiger partial charge < -0.3 is 15.0 Å². The Bertz CT molecular complexity index is 632. The summed E-state index contributed by atoms with van der Waals surface area (Å²) in [4.78, 5) is 26.0. The number of ether oxygens (including phenoxy) is 1. The minimum absolute atomic E-state index is 0.127. The van der Waals surface area contributed by atoms with E-state index < -0.39 is 0 Å². The summed E-state index contributed by atoms with van der Waals surface area (Å²) < 4.78 is 5.07. The number of hydrogen-bond acceptors (Lipinski definition) is 3. The first-order valence-electron chi connectivity index (χ1n) is 6.29. The Morgan fingerprint density at radius 2 is 2.00 bits per heavy atom. The Labute approximate surface area is 116 Å². The summed E-state index contributed by atoms with van der Waals surface area (Å²) in [6.45, 7) is 0.472. The van der Waals surface area contributed by atoms with Gasteiger partial charge in [0, 0.05) is 25.0 Å². The van der Waals surface area contributed by atoms with Gasteiger partial charge in [-0.1, -0.05) is 12.1 Å². The van der Waals surface area contributed by atoms with Gasteiger partial charge in [-0.3, -0.25) is 9.59 Å². The molecule has 0 unspecified atom stereocenters. The summed E-state index contributed by atoms with van der Waals surface area (Å²) in [5.41, 5.74) is 0.931. The van der Waals surface area contributed by atoms with E-state index in [0.29, 0.717) is 13.0 Å². The van der Waals surface area contributed by atoms with Crippen LogP contribution in [0.1, 0.15) is 15.9 Å². The highest BCUT2D eigenvalue weighted by molar-refractivity contribution is 5.93. The van der Waals surface area contributed by atoms with Crippen LogP contribution in [0.4, 0.5) is 0 Å². The fourth-order valence-electron chi connectivity index (χ4n) is 1.80. The highest BCUT2D eigenvalue weighted by Crippen LogP contribution is 2.11. The van der Waals surface area contributed by atoms with Crippen LogP contribution < -0.4 is 15.5 Å². The lowest BCUT2D eigenvalue weighted by molar-refractivity contribution is 0.0952. The third-order valence-corrected chi connectivity index (χ3v) is 2.93. The number of pyridine rings is 1. The van der Waals surface area contributed by atoms with Crippen molar-refractivity contribution < 1.29 is 9.53 Å². The van der Waals surface area contributed by atoms with Crippen molar-refractivity contribution in [3.05, 3.63) is 64.1 Å². The van der Waals surface area contributed by atoms with E-state index in [-0.39, 0.29) is 16.9 Å². The van der Waals surface area contributed by atoms with Crippen molar-refractivity contribution in [1.29, 1.82) is 0 Å². The van der Waals surface area contributed by atoms with Gasteiger partial charge in [0.2, 0.25) is 0 Å². The summed E-state index contributed by atoms with van der Waals surface area (Å²) in [5.74, 6) is 0.439. The lowest BCUT2D eigenvalue weighted by atomic mass is 10.1. The average Bonchev–Trinajstić information content (AvgIpc) is 2.48. The number of carbonyl (C=O) groups excluding carboxylic acids is 1. The van der Waals surface area contributed by atoms with Crippen molar-refractivity contribution >= 4 is 5.91 Å². The molecule has 0 bridgehead atoms. The van der Waals surface area contributed by atoms with Crippen LogP contribution in [0.15, 0.2) is 47.5 Å². The molecule has 0 radical (unpaired) electrons. The van der Waals surface area contributed by atoms with Crippen molar-refractivity contribution in [2.45, 2.75) is 6.42 Å². The van der Waals surface area contributed by atoms with Gasteiger partial charge in [0.05, 0.1) is 7.11 Å². The van der Waals surface area contributed by atoms with Crippen LogP contribution in [-0.2, 0) is 6.42 Å². The molecule has 0 atom stereocenters. The van der Waals surface area contributed by atoms with Crippen LogP contribution in [0.25, 0.3) is 0 Å². The summed E-state index contributed by atoms with van der Waals surface area (Å²) >= 11 is 0. The molecule has 104 valence electrons. The number of H-pyrrole nitrogens is 1. The summed E-state index contributed by atoms with van der Waals surface area (Å²) in [6.07, 6.45) is 3.60. The minimum atomic E-state index is -0.361. The molecule has 2 aromatic rings. The Morgan fingerprint density at radius 1 is 1.25 bits per heavy atom. The predicted octanol–water partition coefficient (Wildman–Crippen LogP) is 1.36. The van der Waals surface area contributed by atoms with Crippen molar-refractivity contribution in [3.8, 4) is 5.75 Å². The van der Waals surface area contributed by atoms with Crippen LogP contribution in [0.3, 0.4) is 0 Å². The Balaban J connectivity index is 1.88. The molecular formula is C15H16N2O3. The monoisotopic (exact) mass is 272 g/mol. The van der Waals surface area contributed by atoms with Gasteiger partial charge in [-0.2, -0.15) is 0 Å². The van der Waals surface area contributed by atoms with Crippen molar-refractivity contribution in [3.63, 3.8) is 0 Å². The van der Waals surface area contributed by atoms with E-state index in [1.807, 2.05) is 24.3 Å². The van der Waals surface area contributed by atoms with Gasteiger partial charge >= 0.3 is 0 Å². The van der Waals surface area contributed by atoms with E-state index in [0.717, 1.165) is 11.3 Å². The standard InChI is InChI=1S/C15H16N2O3/c1-20-12-4-2-11(3-5-12)6-9-17-15(19)13-10-16-8-7-14(13)18/h2-5,7-8,10H,6,9H2,1H3,(H,16,18)(H,17,19). The molecule has 20 heavy (non-hydrogen) atoms. The molecule has 1 heterocycles. The Hall–Kier alpha value is -2.56. The summed E-state index contributed by atoms with van der Waals surface area (Å²) in [7, 11) is 1.62. The molecular weight excluding hydrogens is 256 g/mol. The molecule has 0 aliphatic rings. The number of aromatic nitrogens is 1. The number of hydrogen-bond donors (Lipinski definition) is 2. The number of amides is 1. The van der Waals surface area contributed by atoms with Crippen LogP contribution in [0, 0.1) is 0 Å². The zero-order chi connectivity index (χ0) is 14.4. The fourth-order valence-corrected chi connectivity index (χ4v) is 1.80. The van der Waals surface area contributed by atoms with Crippen molar-refractivity contribution in [2.24, 2.45) is 0 Å². The number of carbonyl (C=O) groups is 1. The van der Waals surface area contributed by atoms with Crippen molar-refractivity contribution in [1.82, 2.24) is 10.3 Å². The molecule has 0 saturated heterocycles. The second kappa shape index (κ2) is 6.56. The molecule has 0 spiro atoms. The molecule has 1 amide bonds. The van der Waals surface area contributed by atoms with E-state index in [1.165, 1.54) is 18.5 Å². The number of nitrogens with one attached hydrogen (secondary N) is 2. The van der Waals surface area contributed by atoms with Crippen LogP contribution in [0.2, 0.25) is 0 Å². The van der Waals surface area contributed by atoms with E-state index in [9.17, 15) is 9.59 Å². The molecule has 5 heteroatoms. The number of benzene rings is 1. The normalized spacial score (nSPS) is 10.1. The van der Waals surface area contributed by atoms with Crippen LogP contribution >= 0.6 is 0 Å². The lowest BCUT2D eigenvalue weighted by Gasteiger charge is -2.05. The third kappa shape index (κ3) is 3.47. The molecule has 0 fully saturated rings. The second-order valence-corrected chi connectivity index (χ2v) is 4.28. The highest BCUT2D eigenvalue weighted by atomic mass is 16.5. The molecule has 1 aromatic heterocycles. The summed E-state index contributed by atoms with van der Waals surface area (Å²) in [6, 6.07) is 8.97. The van der Waals surface area contributed by atoms with E-state index in [1.54, 1.807) is 7.11 Å². The lowest BCUT2D eigenvalue weighted by Crippen LogP contribution is -2.30. The molecule has 0 saturated carbocycles. The highest BCUT2D eigenvalue weighted by Gasteiger charge is 2.08. The largest absolute Gasteiger partial charge is 0.497 e. The number of methoxy groups -OCH3 is 1. The first-order chi connectivity index (χ1) is 9.70. The van der Waals surface area contributed by atoms with Gasteiger partial charge in [0.15, 0.2) is 5.43 Å². The van der Waals surface area contributed by atoms with Crippen LogP contribution in [0.5, 0.6) is 5.75 Å². The fraction of sp³-hybridized carbons (Fsp3) is 0.200. The summed E-state index contributed by atoms with van der Waals surface area (Å²) in [5, 5.41) is 2.73. The van der Waals surface area contributed by atoms with Gasteiger partial charge in [-0.15, -0.1) is 0 Å². The van der Waals surface area contributed by atoms with Crippen molar-refractivity contribution in [2.75, 3.05) is 13.7 Å². The maximum Gasteiger partial charge on any atom is 0.256 e. The first-order valence-corrected chi connectivity index (χ1v) is 6.29. The Kier molecular flexibility index (Phi) is 4.55. The zero-order valence-electron chi connectivity index (χ0n) is 11.2. The third-order valence-electron chi connectivity index (χ3n) is 2.93. The molecule has 2 rings (SSSR count). The smallest absolute Gasteiger partial charge is 0.256 e. The zero-order valence-corrected chi connectivity index (χ0v) is 11.2. The quantitative estimate of drug-likeness (QED) is 0.863. The SMILES string of the molecule is COc1ccc(CCNC(=O)c2c[nH]ccc2=O)cc1. The molecule has 1 aromatic carbocycles. The average molecular weight is 272 g/mol. The number of rotatable bonds is 5. The van der Waals surface area contributed by atoms with E-state index in [2.05, 4.69) is 10.3 Å². The van der Waals surface area contributed by atoms with Gasteiger partial charge in [-0.05, 0) is 24.1 Å². The van der Waals surface area contributed by atoms with E-state index in [4.69, 9.17) is 4.74 Å². The Morgan fingerprint density at radius 3 is 2.65 bits per heavy atom. The molecule has 2 N–H and O–H groups in total. The van der Waals surface area contributed by atoms with E-state index >= 15 is 0 Å². The molecule has 0 aliphatic carbocycles. The second-order valence-electron chi connectivity index (χ2n) is 4.28. The van der Waals surface area contributed by atoms with Gasteiger partial charge in [-0.25, -0.2) is 0 Å². The maximum absolute atomic E-state index is 11.8.